The summed E-state index contributed by atoms with van der Waals surface area (Å²) in [6.45, 7) is 0. The van der Waals surface area contributed by atoms with Crippen molar-refractivity contribution in [3.8, 4) is 0 Å². The molecular weight excluding hydrogens is 361 g/mol. The number of hydrogen-bond donors (Lipinski definition) is 0. The summed E-state index contributed by atoms with van der Waals surface area (Å²) in [6.07, 6.45) is 0. The van der Waals surface area contributed by atoms with Crippen LogP contribution < -0.4 is 0 Å². The topological polar surface area (TPSA) is 20.3 Å². The van der Waals surface area contributed by atoms with Gasteiger partial charge in [-0.25, -0.2) is 0 Å². The van der Waals surface area contributed by atoms with E-state index < -0.39 is 46.8 Å². The number of carbonyl (C=O) groups is 1. The van der Waals surface area contributed by atoms with Crippen LogP contribution in [0.4, 0.5) is 57.1 Å². The summed E-state index contributed by atoms with van der Waals surface area (Å²) < 4.78 is 164. The zero-order chi connectivity index (χ0) is 18.2. The molecule has 0 atom stereocenters. The number of hydrogen-bond acceptors (Lipinski definition) is 2. The summed E-state index contributed by atoms with van der Waals surface area (Å²) in [4.78, 5) is 5.77. The number of nitrogens with zero attached hydrogens (tertiary/aromatic N) is 1. The van der Waals surface area contributed by atoms with Gasteiger partial charge in [0.25, 0.3) is 0 Å². The molecule has 22 heavy (non-hydrogen) atoms. The van der Waals surface area contributed by atoms with E-state index in [-0.39, 0.29) is 0 Å². The van der Waals surface area contributed by atoms with Crippen molar-refractivity contribution in [2.75, 3.05) is 0 Å². The lowest BCUT2D eigenvalue weighted by molar-refractivity contribution is -0.401. The van der Waals surface area contributed by atoms with Crippen LogP contribution in [0, 0.1) is 0 Å². The molecule has 1 aliphatic rings. The molecule has 1 fully saturated rings. The normalized spacial score (nSPS) is 27.0. The zero-order valence-electron chi connectivity index (χ0n) is 9.27. The van der Waals surface area contributed by atoms with Crippen molar-refractivity contribution in [3.05, 3.63) is 0 Å². The zero-order valence-corrected chi connectivity index (χ0v) is 9.27. The van der Waals surface area contributed by atoms with Gasteiger partial charge in [-0.05, 0) is 0 Å². The molecule has 0 spiro atoms. The Balaban J connectivity index is 3.69. The minimum atomic E-state index is -7.41. The second-order valence-electron chi connectivity index (χ2n) is 3.96. The van der Waals surface area contributed by atoms with E-state index in [0.717, 1.165) is 0 Å². The van der Waals surface area contributed by atoms with Crippen LogP contribution in [-0.2, 0) is 4.79 Å². The van der Waals surface area contributed by atoms with Crippen molar-refractivity contribution >= 4 is 6.04 Å². The number of likely N-dealkylation sites (tertiary alicyclic amines) is 1. The lowest BCUT2D eigenvalue weighted by Crippen LogP contribution is -2.66. The standard InChI is InChI=1S/C7F13NO/c8-1(22)2(9,10)5(15,16)21-6(17,18)3(11,12)4(13,14)7(21,19)20. The van der Waals surface area contributed by atoms with Gasteiger partial charge in [0.15, 0.2) is 0 Å². The van der Waals surface area contributed by atoms with Crippen LogP contribution >= 0.6 is 0 Å². The Bertz CT molecular complexity index is 471. The largest absolute Gasteiger partial charge is 0.412 e. The molecule has 0 radical (unpaired) electrons. The molecule has 1 rings (SSSR count). The third kappa shape index (κ3) is 1.70. The number of alkyl halides is 12. The summed E-state index contributed by atoms with van der Waals surface area (Å²) in [5, 5.41) is 0. The van der Waals surface area contributed by atoms with E-state index in [9.17, 15) is 61.9 Å². The Hall–Kier alpha value is -1.28. The van der Waals surface area contributed by atoms with Crippen LogP contribution in [0.1, 0.15) is 0 Å². The Labute approximate surface area is 110 Å². The fraction of sp³-hybridized carbons (Fsp3) is 0.857. The van der Waals surface area contributed by atoms with E-state index in [1.807, 2.05) is 0 Å². The average Bonchev–Trinajstić information content (AvgIpc) is 2.32. The minimum Gasteiger partial charge on any atom is -0.254 e. The second-order valence-corrected chi connectivity index (χ2v) is 3.96. The van der Waals surface area contributed by atoms with Crippen molar-refractivity contribution < 1.29 is 61.9 Å². The summed E-state index contributed by atoms with van der Waals surface area (Å²) in [5.74, 6) is -21.5. The van der Waals surface area contributed by atoms with Crippen LogP contribution in [0.15, 0.2) is 0 Å². The second kappa shape index (κ2) is 4.17. The summed E-state index contributed by atoms with van der Waals surface area (Å²) >= 11 is 0. The van der Waals surface area contributed by atoms with Gasteiger partial charge in [-0.1, -0.05) is 0 Å². The van der Waals surface area contributed by atoms with Gasteiger partial charge in [-0.2, -0.15) is 57.1 Å². The molecule has 0 saturated carbocycles. The molecule has 1 saturated heterocycles. The van der Waals surface area contributed by atoms with Crippen molar-refractivity contribution in [3.63, 3.8) is 0 Å². The number of rotatable bonds is 3. The maximum Gasteiger partial charge on any atom is 0.412 e. The molecular formula is C7F13NO. The molecule has 0 aromatic carbocycles. The van der Waals surface area contributed by atoms with Gasteiger partial charge in [0.1, 0.15) is 0 Å². The van der Waals surface area contributed by atoms with E-state index in [4.69, 9.17) is 0 Å². The van der Waals surface area contributed by atoms with Crippen LogP contribution in [0.3, 0.4) is 0 Å². The average molecular weight is 361 g/mol. The molecule has 2 nitrogen and oxygen atoms in total. The number of carbonyl (C=O) groups excluding carboxylic acids is 1. The van der Waals surface area contributed by atoms with Gasteiger partial charge in [0.05, 0.1) is 0 Å². The maximum absolute atomic E-state index is 12.9. The summed E-state index contributed by atoms with van der Waals surface area (Å²) in [6, 6.07) is -26.4. The van der Waals surface area contributed by atoms with Crippen LogP contribution in [0.2, 0.25) is 0 Å². The van der Waals surface area contributed by atoms with Crippen molar-refractivity contribution in [2.45, 2.75) is 35.9 Å². The highest BCUT2D eigenvalue weighted by molar-refractivity contribution is 5.77. The highest BCUT2D eigenvalue weighted by atomic mass is 19.4. The summed E-state index contributed by atoms with van der Waals surface area (Å²) in [5.41, 5.74) is 0. The molecule has 0 unspecified atom stereocenters. The third-order valence-corrected chi connectivity index (χ3v) is 2.62. The smallest absolute Gasteiger partial charge is 0.254 e. The predicted octanol–water partition coefficient (Wildman–Crippen LogP) is 3.48. The molecule has 1 aliphatic heterocycles. The highest BCUT2D eigenvalue weighted by Gasteiger charge is 2.98. The molecule has 15 heteroatoms. The third-order valence-electron chi connectivity index (χ3n) is 2.62. The maximum atomic E-state index is 12.9. The van der Waals surface area contributed by atoms with Gasteiger partial charge < -0.3 is 0 Å². The van der Waals surface area contributed by atoms with Crippen LogP contribution in [-0.4, -0.2) is 46.8 Å². The highest BCUT2D eigenvalue weighted by Crippen LogP contribution is 2.66. The van der Waals surface area contributed by atoms with Crippen molar-refractivity contribution in [2.24, 2.45) is 0 Å². The Morgan fingerprint density at radius 1 is 0.727 bits per heavy atom. The molecule has 130 valence electrons. The van der Waals surface area contributed by atoms with Gasteiger partial charge in [0, 0.05) is 0 Å². The SMILES string of the molecule is O=C(F)C(F)(F)C(F)(F)N1C(F)(F)C(F)(F)C(F)(F)C1(F)F. The minimum absolute atomic E-state index is 3.86. The molecule has 1 heterocycles. The molecule has 0 amide bonds. The lowest BCUT2D eigenvalue weighted by atomic mass is 10.2. The molecule has 0 bridgehead atoms. The van der Waals surface area contributed by atoms with Gasteiger partial charge in [-0.15, -0.1) is 4.90 Å². The van der Waals surface area contributed by atoms with E-state index >= 15 is 0 Å². The van der Waals surface area contributed by atoms with E-state index in [0.29, 0.717) is 0 Å². The van der Waals surface area contributed by atoms with Crippen molar-refractivity contribution in [1.29, 1.82) is 0 Å². The van der Waals surface area contributed by atoms with Gasteiger partial charge in [0.2, 0.25) is 0 Å². The van der Waals surface area contributed by atoms with Gasteiger partial charge in [-0.3, -0.25) is 4.79 Å². The fourth-order valence-electron chi connectivity index (χ4n) is 1.45. The Morgan fingerprint density at radius 3 is 1.23 bits per heavy atom. The summed E-state index contributed by atoms with van der Waals surface area (Å²) in [7, 11) is 0. The first kappa shape index (κ1) is 18.8. The molecule has 0 N–H and O–H groups in total. The van der Waals surface area contributed by atoms with E-state index in [2.05, 4.69) is 0 Å². The van der Waals surface area contributed by atoms with Crippen molar-refractivity contribution in [1.82, 2.24) is 4.90 Å². The van der Waals surface area contributed by atoms with E-state index in [1.54, 1.807) is 0 Å². The van der Waals surface area contributed by atoms with Gasteiger partial charge >= 0.3 is 41.9 Å². The molecule has 0 aromatic heterocycles. The molecule has 0 aromatic rings. The number of halogens is 13. The fourth-order valence-corrected chi connectivity index (χ4v) is 1.45. The first-order chi connectivity index (χ1) is 9.31. The first-order valence-electron chi connectivity index (χ1n) is 4.58. The van der Waals surface area contributed by atoms with E-state index in [1.165, 1.54) is 0 Å². The Morgan fingerprint density at radius 2 is 1.00 bits per heavy atom. The molecule has 0 aliphatic carbocycles. The first-order valence-corrected chi connectivity index (χ1v) is 4.58. The monoisotopic (exact) mass is 361 g/mol. The Kier molecular flexibility index (Phi) is 3.56. The lowest BCUT2D eigenvalue weighted by Gasteiger charge is -2.36. The van der Waals surface area contributed by atoms with Crippen LogP contribution in [0.5, 0.6) is 0 Å². The predicted molar refractivity (Wildman–Crippen MR) is 37.6 cm³/mol. The quantitative estimate of drug-likeness (QED) is 0.436. The van der Waals surface area contributed by atoms with Crippen LogP contribution in [0.25, 0.3) is 0 Å².